The molecule has 1 N–H and O–H groups in total. The lowest BCUT2D eigenvalue weighted by Crippen LogP contribution is -2.17. The molecule has 1 atom stereocenters. The van der Waals surface area contributed by atoms with E-state index >= 15 is 0 Å². The Kier molecular flexibility index (Phi) is 5.35. The molecule has 1 aliphatic heterocycles. The molecule has 31 heavy (non-hydrogen) atoms. The Balaban J connectivity index is 1.39. The Bertz CT molecular complexity index is 1220. The molecule has 8 heteroatoms. The van der Waals surface area contributed by atoms with Gasteiger partial charge >= 0.3 is 0 Å². The third kappa shape index (κ3) is 4.55. The minimum atomic E-state index is -3.02. The Labute approximate surface area is 186 Å². The van der Waals surface area contributed by atoms with E-state index in [1.807, 2.05) is 65.3 Å². The van der Waals surface area contributed by atoms with Crippen molar-refractivity contribution in [3.63, 3.8) is 0 Å². The van der Waals surface area contributed by atoms with Crippen LogP contribution in [0.2, 0.25) is 0 Å². The summed E-state index contributed by atoms with van der Waals surface area (Å²) in [6.07, 6.45) is 2.67. The van der Waals surface area contributed by atoms with Crippen LogP contribution in [0.3, 0.4) is 0 Å². The molecule has 1 aromatic heterocycles. The Morgan fingerprint density at radius 2 is 1.77 bits per heavy atom. The average molecular weight is 454 g/mol. The molecule has 2 aliphatic rings. The fourth-order valence-corrected chi connectivity index (χ4v) is 6.54. The van der Waals surface area contributed by atoms with E-state index in [0.29, 0.717) is 18.0 Å². The molecular formula is C23H23N3O3S2. The van der Waals surface area contributed by atoms with Gasteiger partial charge in [-0.05, 0) is 49.6 Å². The third-order valence-electron chi connectivity index (χ3n) is 5.65. The van der Waals surface area contributed by atoms with Gasteiger partial charge in [0.25, 0.3) is 5.91 Å². The molecule has 1 aliphatic carbocycles. The SMILES string of the molecule is O=C(Nc1ccccc1Sc1ccccc1)c1cc(C2CC2)n(C2CCS(=O)(=O)C2)n1. The first-order valence-corrected chi connectivity index (χ1v) is 13.1. The van der Waals surface area contributed by atoms with Crippen LogP contribution in [0.1, 0.15) is 47.4 Å². The van der Waals surface area contributed by atoms with E-state index in [0.717, 1.165) is 34.0 Å². The van der Waals surface area contributed by atoms with Gasteiger partial charge in [-0.15, -0.1) is 0 Å². The molecule has 160 valence electrons. The first-order valence-electron chi connectivity index (χ1n) is 10.4. The van der Waals surface area contributed by atoms with Crippen LogP contribution in [0, 0.1) is 0 Å². The highest BCUT2D eigenvalue weighted by atomic mass is 32.2. The van der Waals surface area contributed by atoms with Gasteiger partial charge in [-0.2, -0.15) is 5.10 Å². The van der Waals surface area contributed by atoms with E-state index in [9.17, 15) is 13.2 Å². The summed E-state index contributed by atoms with van der Waals surface area (Å²) in [4.78, 5) is 15.1. The van der Waals surface area contributed by atoms with Crippen molar-refractivity contribution in [3.05, 3.63) is 72.1 Å². The number of nitrogens with zero attached hydrogens (tertiary/aromatic N) is 2. The molecule has 1 saturated carbocycles. The zero-order chi connectivity index (χ0) is 21.4. The van der Waals surface area contributed by atoms with Crippen molar-refractivity contribution < 1.29 is 13.2 Å². The smallest absolute Gasteiger partial charge is 0.276 e. The minimum Gasteiger partial charge on any atom is -0.320 e. The van der Waals surface area contributed by atoms with Crippen molar-refractivity contribution in [2.45, 2.75) is 41.0 Å². The fourth-order valence-electron chi connectivity index (χ4n) is 3.93. The number of sulfone groups is 1. The second-order valence-corrected chi connectivity index (χ2v) is 11.4. The van der Waals surface area contributed by atoms with Crippen LogP contribution in [-0.4, -0.2) is 35.6 Å². The molecular weight excluding hydrogens is 430 g/mol. The summed E-state index contributed by atoms with van der Waals surface area (Å²) in [6.45, 7) is 0. The van der Waals surface area contributed by atoms with Crippen LogP contribution in [0.5, 0.6) is 0 Å². The predicted molar refractivity (Wildman–Crippen MR) is 121 cm³/mol. The molecule has 0 spiro atoms. The highest BCUT2D eigenvalue weighted by Gasteiger charge is 2.36. The van der Waals surface area contributed by atoms with Gasteiger partial charge < -0.3 is 5.32 Å². The Morgan fingerprint density at radius 1 is 1.03 bits per heavy atom. The second kappa shape index (κ2) is 8.16. The lowest BCUT2D eigenvalue weighted by atomic mass is 10.2. The van der Waals surface area contributed by atoms with Crippen LogP contribution in [0.25, 0.3) is 0 Å². The van der Waals surface area contributed by atoms with Crippen molar-refractivity contribution in [2.75, 3.05) is 16.8 Å². The summed E-state index contributed by atoms with van der Waals surface area (Å²) in [7, 11) is -3.02. The molecule has 2 heterocycles. The number of aromatic nitrogens is 2. The summed E-state index contributed by atoms with van der Waals surface area (Å²) >= 11 is 1.59. The summed E-state index contributed by atoms with van der Waals surface area (Å²) in [6, 6.07) is 19.4. The Morgan fingerprint density at radius 3 is 2.48 bits per heavy atom. The number of anilines is 1. The number of nitrogens with one attached hydrogen (secondary N) is 1. The number of para-hydroxylation sites is 1. The van der Waals surface area contributed by atoms with Crippen molar-refractivity contribution in [1.29, 1.82) is 0 Å². The van der Waals surface area contributed by atoms with Crippen molar-refractivity contribution in [3.8, 4) is 0 Å². The summed E-state index contributed by atoms with van der Waals surface area (Å²) in [5.74, 6) is 0.389. The standard InChI is InChI=1S/C23H23N3O3S2/c27-23(24-19-8-4-5-9-22(19)30-18-6-2-1-3-7-18)20-14-21(16-10-11-16)26(25-20)17-12-13-31(28,29)15-17/h1-9,14,16-17H,10-13,15H2,(H,24,27). The Hall–Kier alpha value is -2.58. The fraction of sp³-hybridized carbons (Fsp3) is 0.304. The van der Waals surface area contributed by atoms with Crippen LogP contribution < -0.4 is 5.32 Å². The lowest BCUT2D eigenvalue weighted by Gasteiger charge is -2.12. The van der Waals surface area contributed by atoms with Gasteiger partial charge in [-0.3, -0.25) is 9.48 Å². The quantitative estimate of drug-likeness (QED) is 0.593. The molecule has 1 amide bonds. The van der Waals surface area contributed by atoms with Gasteiger partial charge in [0.2, 0.25) is 0 Å². The van der Waals surface area contributed by atoms with Crippen molar-refractivity contribution >= 4 is 33.2 Å². The first kappa shape index (κ1) is 20.3. The van der Waals surface area contributed by atoms with E-state index in [-0.39, 0.29) is 23.5 Å². The maximum absolute atomic E-state index is 13.1. The van der Waals surface area contributed by atoms with E-state index in [1.165, 1.54) is 0 Å². The van der Waals surface area contributed by atoms with Gasteiger partial charge in [0, 0.05) is 21.4 Å². The molecule has 2 fully saturated rings. The molecule has 5 rings (SSSR count). The maximum Gasteiger partial charge on any atom is 0.276 e. The van der Waals surface area contributed by atoms with E-state index in [4.69, 9.17) is 0 Å². The van der Waals surface area contributed by atoms with Gasteiger partial charge in [-0.1, -0.05) is 42.1 Å². The minimum absolute atomic E-state index is 0.103. The van der Waals surface area contributed by atoms with E-state index in [1.54, 1.807) is 11.8 Å². The van der Waals surface area contributed by atoms with Crippen molar-refractivity contribution in [2.24, 2.45) is 0 Å². The largest absolute Gasteiger partial charge is 0.320 e. The molecule has 3 aromatic rings. The summed E-state index contributed by atoms with van der Waals surface area (Å²) in [5, 5.41) is 7.56. The lowest BCUT2D eigenvalue weighted by molar-refractivity contribution is 0.102. The monoisotopic (exact) mass is 453 g/mol. The van der Waals surface area contributed by atoms with E-state index in [2.05, 4.69) is 10.4 Å². The summed E-state index contributed by atoms with van der Waals surface area (Å²) < 4.78 is 25.7. The zero-order valence-corrected chi connectivity index (χ0v) is 18.5. The highest BCUT2D eigenvalue weighted by Crippen LogP contribution is 2.42. The van der Waals surface area contributed by atoms with Gasteiger partial charge in [0.1, 0.15) is 0 Å². The van der Waals surface area contributed by atoms with Gasteiger partial charge in [0.15, 0.2) is 15.5 Å². The number of carbonyl (C=O) groups excluding carboxylic acids is 1. The average Bonchev–Trinajstić information content (AvgIpc) is 3.40. The number of carbonyl (C=O) groups is 1. The molecule has 0 bridgehead atoms. The normalized spacial score (nSPS) is 19.9. The number of hydrogen-bond donors (Lipinski definition) is 1. The summed E-state index contributed by atoms with van der Waals surface area (Å²) in [5.41, 5.74) is 2.05. The number of rotatable bonds is 6. The number of benzene rings is 2. The molecule has 6 nitrogen and oxygen atoms in total. The molecule has 1 unspecified atom stereocenters. The molecule has 0 radical (unpaired) electrons. The van der Waals surface area contributed by atoms with Gasteiger partial charge in [-0.25, -0.2) is 8.42 Å². The third-order valence-corrected chi connectivity index (χ3v) is 8.49. The predicted octanol–water partition coefficient (Wildman–Crippen LogP) is 4.52. The number of hydrogen-bond acceptors (Lipinski definition) is 5. The second-order valence-electron chi connectivity index (χ2n) is 8.10. The van der Waals surface area contributed by atoms with Crippen LogP contribution in [0.15, 0.2) is 70.5 Å². The van der Waals surface area contributed by atoms with Crippen LogP contribution in [-0.2, 0) is 9.84 Å². The number of amides is 1. The maximum atomic E-state index is 13.1. The van der Waals surface area contributed by atoms with Crippen molar-refractivity contribution in [1.82, 2.24) is 9.78 Å². The van der Waals surface area contributed by atoms with Crippen LogP contribution in [0.4, 0.5) is 5.69 Å². The topological polar surface area (TPSA) is 81.1 Å². The van der Waals surface area contributed by atoms with Crippen LogP contribution >= 0.6 is 11.8 Å². The highest BCUT2D eigenvalue weighted by molar-refractivity contribution is 7.99. The molecule has 2 aromatic carbocycles. The first-order chi connectivity index (χ1) is 15.0. The van der Waals surface area contributed by atoms with Gasteiger partial charge in [0.05, 0.1) is 23.2 Å². The molecule has 1 saturated heterocycles. The van der Waals surface area contributed by atoms with E-state index < -0.39 is 9.84 Å². The zero-order valence-electron chi connectivity index (χ0n) is 16.9.